The number of aromatic nitrogens is 1. The van der Waals surface area contributed by atoms with Crippen molar-refractivity contribution >= 4 is 27.5 Å². The molecule has 0 radical (unpaired) electrons. The monoisotopic (exact) mass is 338 g/mol. The quantitative estimate of drug-likeness (QED) is 0.853. The van der Waals surface area contributed by atoms with Gasteiger partial charge in [-0.3, -0.25) is 4.98 Å². The van der Waals surface area contributed by atoms with Crippen LogP contribution in [0.15, 0.2) is 41.1 Å². The molecule has 2 N–H and O–H groups in total. The Hall–Kier alpha value is -1.10. The zero-order chi connectivity index (χ0) is 13.4. The van der Waals surface area contributed by atoms with E-state index in [4.69, 9.17) is 22.1 Å². The number of benzene rings is 1. The van der Waals surface area contributed by atoms with Gasteiger partial charge in [0.05, 0.1) is 0 Å². The predicted molar refractivity (Wildman–Crippen MR) is 78.3 cm³/mol. The molecule has 1 aliphatic rings. The molecule has 0 bridgehead atoms. The van der Waals surface area contributed by atoms with Gasteiger partial charge in [-0.1, -0.05) is 11.6 Å². The minimum atomic E-state index is -0.0774. The Labute approximate surface area is 124 Å². The molecule has 0 saturated heterocycles. The first-order valence-electron chi connectivity index (χ1n) is 5.95. The lowest BCUT2D eigenvalue weighted by molar-refractivity contribution is 0.161. The summed E-state index contributed by atoms with van der Waals surface area (Å²) < 4.78 is 6.93. The van der Waals surface area contributed by atoms with Crippen LogP contribution in [0.4, 0.5) is 0 Å². The van der Waals surface area contributed by atoms with E-state index in [2.05, 4.69) is 20.9 Å². The molecule has 1 aromatic heterocycles. The molecule has 0 aliphatic carbocycles. The molecule has 2 aromatic rings. The number of pyridine rings is 1. The van der Waals surface area contributed by atoms with Crippen LogP contribution in [0.1, 0.15) is 29.7 Å². The van der Waals surface area contributed by atoms with Crippen LogP contribution in [0.5, 0.6) is 5.75 Å². The van der Waals surface area contributed by atoms with Gasteiger partial charge in [0.25, 0.3) is 0 Å². The van der Waals surface area contributed by atoms with Crippen molar-refractivity contribution in [1.82, 2.24) is 4.98 Å². The van der Waals surface area contributed by atoms with Gasteiger partial charge in [0.2, 0.25) is 0 Å². The summed E-state index contributed by atoms with van der Waals surface area (Å²) in [5, 5.41) is 0.681. The third kappa shape index (κ3) is 2.61. The van der Waals surface area contributed by atoms with Crippen molar-refractivity contribution in [1.29, 1.82) is 0 Å². The highest BCUT2D eigenvalue weighted by molar-refractivity contribution is 9.10. The first kappa shape index (κ1) is 12.9. The summed E-state index contributed by atoms with van der Waals surface area (Å²) in [5.74, 6) is 0.799. The first-order valence-corrected chi connectivity index (χ1v) is 7.13. The van der Waals surface area contributed by atoms with E-state index < -0.39 is 0 Å². The van der Waals surface area contributed by atoms with Gasteiger partial charge >= 0.3 is 0 Å². The molecule has 2 atom stereocenters. The maximum absolute atomic E-state index is 6.21. The van der Waals surface area contributed by atoms with Gasteiger partial charge in [-0.25, -0.2) is 0 Å². The van der Waals surface area contributed by atoms with E-state index in [1.54, 1.807) is 6.20 Å². The van der Waals surface area contributed by atoms with Crippen molar-refractivity contribution in [3.05, 3.63) is 57.3 Å². The van der Waals surface area contributed by atoms with E-state index in [1.165, 1.54) is 0 Å². The number of nitrogens with zero attached hydrogens (tertiary/aromatic N) is 1. The molecule has 0 amide bonds. The molecule has 2 heterocycles. The van der Waals surface area contributed by atoms with Gasteiger partial charge in [0.15, 0.2) is 0 Å². The van der Waals surface area contributed by atoms with Crippen molar-refractivity contribution < 1.29 is 4.74 Å². The lowest BCUT2D eigenvalue weighted by Crippen LogP contribution is -2.24. The van der Waals surface area contributed by atoms with Crippen LogP contribution in [-0.4, -0.2) is 4.98 Å². The standard InChI is InChI=1S/C14H12BrClN2O/c15-9-3-8(6-18-7-9)14-5-12(17)11-4-10(16)1-2-13(11)19-14/h1-4,6-7,12,14H,5,17H2/t12-,14?/m1/s1. The molecule has 98 valence electrons. The zero-order valence-corrected chi connectivity index (χ0v) is 12.4. The summed E-state index contributed by atoms with van der Waals surface area (Å²) in [6.07, 6.45) is 4.20. The van der Waals surface area contributed by atoms with Gasteiger partial charge in [0.1, 0.15) is 11.9 Å². The normalized spacial score (nSPS) is 21.6. The van der Waals surface area contributed by atoms with Crippen LogP contribution >= 0.6 is 27.5 Å². The van der Waals surface area contributed by atoms with Crippen LogP contribution in [0.2, 0.25) is 5.02 Å². The summed E-state index contributed by atoms with van der Waals surface area (Å²) in [6, 6.07) is 7.48. The second-order valence-electron chi connectivity index (χ2n) is 4.57. The fourth-order valence-corrected chi connectivity index (χ4v) is 2.85. The maximum Gasteiger partial charge on any atom is 0.127 e. The van der Waals surface area contributed by atoms with E-state index in [0.717, 1.165) is 21.3 Å². The Morgan fingerprint density at radius 1 is 1.32 bits per heavy atom. The van der Waals surface area contributed by atoms with Crippen LogP contribution in [0.25, 0.3) is 0 Å². The molecule has 0 spiro atoms. The second kappa shape index (κ2) is 5.12. The number of hydrogen-bond donors (Lipinski definition) is 1. The fraction of sp³-hybridized carbons (Fsp3) is 0.214. The number of rotatable bonds is 1. The van der Waals surface area contributed by atoms with Crippen molar-refractivity contribution in [3.8, 4) is 5.75 Å². The Kier molecular flexibility index (Phi) is 3.48. The molecule has 1 aromatic carbocycles. The van der Waals surface area contributed by atoms with Gasteiger partial charge in [-0.15, -0.1) is 0 Å². The molecule has 1 aliphatic heterocycles. The minimum Gasteiger partial charge on any atom is -0.485 e. The number of halogens is 2. The second-order valence-corrected chi connectivity index (χ2v) is 5.92. The highest BCUT2D eigenvalue weighted by Crippen LogP contribution is 2.40. The largest absolute Gasteiger partial charge is 0.485 e. The van der Waals surface area contributed by atoms with Gasteiger partial charge < -0.3 is 10.5 Å². The Bertz CT molecular complexity index is 620. The summed E-state index contributed by atoms with van der Waals surface area (Å²) in [6.45, 7) is 0. The third-order valence-corrected chi connectivity index (χ3v) is 3.88. The van der Waals surface area contributed by atoms with Crippen molar-refractivity contribution in [2.24, 2.45) is 5.73 Å². The highest BCUT2D eigenvalue weighted by atomic mass is 79.9. The van der Waals surface area contributed by atoms with E-state index in [-0.39, 0.29) is 12.1 Å². The Morgan fingerprint density at radius 3 is 2.95 bits per heavy atom. The summed E-state index contributed by atoms with van der Waals surface area (Å²) in [7, 11) is 0. The topological polar surface area (TPSA) is 48.1 Å². The Balaban J connectivity index is 1.95. The van der Waals surface area contributed by atoms with Crippen LogP contribution in [-0.2, 0) is 0 Å². The molecule has 0 saturated carbocycles. The van der Waals surface area contributed by atoms with Crippen molar-refractivity contribution in [2.75, 3.05) is 0 Å². The molecule has 19 heavy (non-hydrogen) atoms. The number of hydrogen-bond acceptors (Lipinski definition) is 3. The molecule has 3 rings (SSSR count). The first-order chi connectivity index (χ1) is 9.13. The molecule has 0 fully saturated rings. The molecular formula is C14H12BrClN2O. The zero-order valence-electron chi connectivity index (χ0n) is 10.0. The van der Waals surface area contributed by atoms with Crippen LogP contribution in [0.3, 0.4) is 0 Å². The lowest BCUT2D eigenvalue weighted by Gasteiger charge is -2.30. The Morgan fingerprint density at radius 2 is 2.16 bits per heavy atom. The van der Waals surface area contributed by atoms with E-state index in [0.29, 0.717) is 11.4 Å². The number of nitrogens with two attached hydrogens (primary N) is 1. The van der Waals surface area contributed by atoms with Gasteiger partial charge in [-0.2, -0.15) is 0 Å². The molecule has 1 unspecified atom stereocenters. The highest BCUT2D eigenvalue weighted by Gasteiger charge is 2.27. The van der Waals surface area contributed by atoms with Crippen molar-refractivity contribution in [3.63, 3.8) is 0 Å². The smallest absolute Gasteiger partial charge is 0.127 e. The van der Waals surface area contributed by atoms with Gasteiger partial charge in [0, 0.05) is 45.5 Å². The average molecular weight is 340 g/mol. The minimum absolute atomic E-state index is 0.0753. The fourth-order valence-electron chi connectivity index (χ4n) is 2.28. The van der Waals surface area contributed by atoms with Crippen molar-refractivity contribution in [2.45, 2.75) is 18.6 Å². The molecule has 3 nitrogen and oxygen atoms in total. The number of ether oxygens (including phenoxy) is 1. The summed E-state index contributed by atoms with van der Waals surface area (Å²) >= 11 is 9.41. The van der Waals surface area contributed by atoms with Crippen LogP contribution < -0.4 is 10.5 Å². The van der Waals surface area contributed by atoms with Gasteiger partial charge in [-0.05, 0) is 40.2 Å². The predicted octanol–water partition coefficient (Wildman–Crippen LogP) is 4.02. The summed E-state index contributed by atoms with van der Waals surface area (Å²) in [4.78, 5) is 4.17. The van der Waals surface area contributed by atoms with E-state index in [9.17, 15) is 0 Å². The average Bonchev–Trinajstić information content (AvgIpc) is 2.39. The third-order valence-electron chi connectivity index (χ3n) is 3.21. The molecular weight excluding hydrogens is 328 g/mol. The number of fused-ring (bicyclic) bond motifs is 1. The lowest BCUT2D eigenvalue weighted by atomic mass is 9.94. The van der Waals surface area contributed by atoms with E-state index in [1.807, 2.05) is 30.5 Å². The summed E-state index contributed by atoms with van der Waals surface area (Å²) in [5.41, 5.74) is 8.19. The molecule has 5 heteroatoms. The SMILES string of the molecule is N[C@@H]1CC(c2cncc(Br)c2)Oc2ccc(Cl)cc21. The van der Waals surface area contributed by atoms with Crippen LogP contribution in [0, 0.1) is 0 Å². The maximum atomic E-state index is 6.21. The van der Waals surface area contributed by atoms with E-state index >= 15 is 0 Å².